The fourth-order valence-corrected chi connectivity index (χ4v) is 6.91. The molecule has 6 rings (SSSR count). The largest absolute Gasteiger partial charge is 0.493 e. The Morgan fingerprint density at radius 3 is 2.53 bits per heavy atom. The Morgan fingerprint density at radius 2 is 1.72 bits per heavy atom. The van der Waals surface area contributed by atoms with Gasteiger partial charge in [0, 0.05) is 38.2 Å². The highest BCUT2D eigenvalue weighted by Crippen LogP contribution is 2.37. The number of hydrogen-bond donors (Lipinski definition) is 1. The Kier molecular flexibility index (Phi) is 10.6. The average Bonchev–Trinajstić information content (AvgIpc) is 3.66. The number of thioether (sulfide) groups is 1. The van der Waals surface area contributed by atoms with Crippen LogP contribution < -0.4 is 18.9 Å². The first-order chi connectivity index (χ1) is 22.9. The number of nitrogens with zero attached hydrogens (tertiary/aromatic N) is 2. The molecular weight excluding hydrogens is 641 g/mol. The minimum atomic E-state index is -1.05. The summed E-state index contributed by atoms with van der Waals surface area (Å²) in [6.07, 6.45) is 3.27. The van der Waals surface area contributed by atoms with Crippen molar-refractivity contribution in [2.24, 2.45) is 0 Å². The second-order valence-electron chi connectivity index (χ2n) is 11.2. The Morgan fingerprint density at radius 1 is 0.957 bits per heavy atom. The number of benzene rings is 3. The number of thiocarbonyl (C=S) groups is 1. The van der Waals surface area contributed by atoms with E-state index < -0.39 is 5.97 Å². The molecule has 47 heavy (non-hydrogen) atoms. The highest BCUT2D eigenvalue weighted by Gasteiger charge is 2.32. The predicted molar refractivity (Wildman–Crippen MR) is 184 cm³/mol. The number of carbonyl (C=O) groups is 2. The maximum Gasteiger partial charge on any atom is 0.335 e. The van der Waals surface area contributed by atoms with Gasteiger partial charge in [0.25, 0.3) is 5.91 Å². The molecule has 0 atom stereocenters. The minimum Gasteiger partial charge on any atom is -0.493 e. The van der Waals surface area contributed by atoms with E-state index in [0.717, 1.165) is 61.7 Å². The maximum atomic E-state index is 13.6. The van der Waals surface area contributed by atoms with Crippen LogP contribution in [0.5, 0.6) is 23.0 Å². The van der Waals surface area contributed by atoms with Gasteiger partial charge in [-0.05, 0) is 71.7 Å². The second kappa shape index (κ2) is 15.2. The van der Waals surface area contributed by atoms with E-state index in [1.54, 1.807) is 11.0 Å². The summed E-state index contributed by atoms with van der Waals surface area (Å²) in [6.45, 7) is 5.88. The SMILES string of the molecule is COc1cc(C(=O)O)ccc1OCCCN1C(=O)/C(=C/c2cc(-c3ccc4c(c3)CCO4)ccc2OCCN2CCOCC2)SC1=S. The number of aromatic carboxylic acids is 1. The van der Waals surface area contributed by atoms with Crippen LogP contribution in [0.4, 0.5) is 0 Å². The lowest BCUT2D eigenvalue weighted by Crippen LogP contribution is -2.38. The third-order valence-electron chi connectivity index (χ3n) is 8.16. The molecule has 10 nitrogen and oxygen atoms in total. The highest BCUT2D eigenvalue weighted by molar-refractivity contribution is 8.26. The van der Waals surface area contributed by atoms with E-state index in [0.29, 0.717) is 52.7 Å². The normalized spacial score (nSPS) is 17.1. The van der Waals surface area contributed by atoms with E-state index in [2.05, 4.69) is 23.1 Å². The van der Waals surface area contributed by atoms with Gasteiger partial charge in [0.15, 0.2) is 11.5 Å². The molecule has 12 heteroatoms. The summed E-state index contributed by atoms with van der Waals surface area (Å²) in [4.78, 5) is 29.3. The summed E-state index contributed by atoms with van der Waals surface area (Å²) in [5, 5.41) is 9.22. The fourth-order valence-electron chi connectivity index (χ4n) is 5.61. The number of morpholine rings is 1. The molecule has 3 heterocycles. The monoisotopic (exact) mass is 676 g/mol. The smallest absolute Gasteiger partial charge is 0.335 e. The van der Waals surface area contributed by atoms with Gasteiger partial charge < -0.3 is 28.8 Å². The van der Waals surface area contributed by atoms with Crippen molar-refractivity contribution in [2.75, 3.05) is 66.3 Å². The number of hydrogen-bond acceptors (Lipinski definition) is 10. The van der Waals surface area contributed by atoms with Crippen molar-refractivity contribution in [1.82, 2.24) is 9.80 Å². The van der Waals surface area contributed by atoms with Gasteiger partial charge >= 0.3 is 5.97 Å². The lowest BCUT2D eigenvalue weighted by molar-refractivity contribution is -0.122. The maximum absolute atomic E-state index is 13.6. The Balaban J connectivity index is 1.15. The zero-order chi connectivity index (χ0) is 32.8. The molecular formula is C35H36N2O8S2. The number of ether oxygens (including phenoxy) is 5. The zero-order valence-corrected chi connectivity index (χ0v) is 27.7. The number of fused-ring (bicyclic) bond motifs is 1. The molecule has 3 aliphatic rings. The highest BCUT2D eigenvalue weighted by atomic mass is 32.2. The summed E-state index contributed by atoms with van der Waals surface area (Å²) < 4.78 is 29.1. The molecule has 3 aromatic carbocycles. The topological polar surface area (TPSA) is 107 Å². The molecule has 2 saturated heterocycles. The average molecular weight is 677 g/mol. The molecule has 1 amide bonds. The molecule has 2 fully saturated rings. The first-order valence-corrected chi connectivity index (χ1v) is 16.7. The van der Waals surface area contributed by atoms with Gasteiger partial charge in [-0.2, -0.15) is 0 Å². The van der Waals surface area contributed by atoms with Crippen LogP contribution >= 0.6 is 24.0 Å². The van der Waals surface area contributed by atoms with Crippen molar-refractivity contribution in [3.8, 4) is 34.1 Å². The molecule has 3 aromatic rings. The third-order valence-corrected chi connectivity index (χ3v) is 9.53. The van der Waals surface area contributed by atoms with Gasteiger partial charge in [-0.25, -0.2) is 4.79 Å². The summed E-state index contributed by atoms with van der Waals surface area (Å²) in [5.41, 5.74) is 4.20. The van der Waals surface area contributed by atoms with Gasteiger partial charge in [0.05, 0.1) is 44.0 Å². The van der Waals surface area contributed by atoms with Crippen molar-refractivity contribution in [3.05, 3.63) is 76.2 Å². The molecule has 1 N–H and O–H groups in total. The van der Waals surface area contributed by atoms with Crippen molar-refractivity contribution >= 4 is 46.3 Å². The Labute approximate surface area is 283 Å². The predicted octanol–water partition coefficient (Wildman–Crippen LogP) is 5.38. The van der Waals surface area contributed by atoms with Crippen LogP contribution in [0, 0.1) is 0 Å². The van der Waals surface area contributed by atoms with E-state index >= 15 is 0 Å². The first kappa shape index (κ1) is 32.8. The molecule has 0 aliphatic carbocycles. The van der Waals surface area contributed by atoms with Gasteiger partial charge in [0.2, 0.25) is 0 Å². The molecule has 0 aromatic heterocycles. The van der Waals surface area contributed by atoms with Crippen LogP contribution in [0.1, 0.15) is 27.9 Å². The molecule has 0 bridgehead atoms. The van der Waals surface area contributed by atoms with Crippen LogP contribution in [-0.2, 0) is 16.0 Å². The number of rotatable bonds is 13. The molecule has 0 spiro atoms. The van der Waals surface area contributed by atoms with Crippen LogP contribution in [0.25, 0.3) is 17.2 Å². The van der Waals surface area contributed by atoms with Crippen molar-refractivity contribution in [3.63, 3.8) is 0 Å². The van der Waals surface area contributed by atoms with E-state index in [-0.39, 0.29) is 18.1 Å². The summed E-state index contributed by atoms with van der Waals surface area (Å²) in [7, 11) is 1.46. The standard InChI is InChI=1S/C35H36N2O8S2/c1-41-31-21-26(34(39)40)5-8-30(31)43-14-2-10-37-33(38)32(47-35(37)46)22-27-20-24(23-3-6-28-25(19-23)9-15-44-28)4-7-29(27)45-18-13-36-11-16-42-17-12-36/h3-8,19-22H,2,9-18H2,1H3,(H,39,40)/b32-22-. The van der Waals surface area contributed by atoms with Crippen LogP contribution in [0.2, 0.25) is 0 Å². The summed E-state index contributed by atoms with van der Waals surface area (Å²) in [5.74, 6) is 1.18. The molecule has 0 saturated carbocycles. The van der Waals surface area contributed by atoms with Crippen molar-refractivity contribution < 1.29 is 38.4 Å². The number of carboxylic acid groups (broad SMARTS) is 1. The van der Waals surface area contributed by atoms with Gasteiger partial charge in [-0.3, -0.25) is 14.6 Å². The van der Waals surface area contributed by atoms with E-state index in [1.165, 1.54) is 36.6 Å². The quantitative estimate of drug-likeness (QED) is 0.143. The van der Waals surface area contributed by atoms with Crippen LogP contribution in [-0.4, -0.2) is 97.4 Å². The molecule has 0 radical (unpaired) electrons. The minimum absolute atomic E-state index is 0.108. The molecule has 246 valence electrons. The van der Waals surface area contributed by atoms with Crippen molar-refractivity contribution in [1.29, 1.82) is 0 Å². The van der Waals surface area contributed by atoms with Crippen LogP contribution in [0.15, 0.2) is 59.5 Å². The molecule has 3 aliphatic heterocycles. The number of methoxy groups -OCH3 is 1. The number of amides is 1. The Bertz CT molecular complexity index is 1690. The first-order valence-electron chi connectivity index (χ1n) is 15.5. The summed E-state index contributed by atoms with van der Waals surface area (Å²) >= 11 is 6.88. The molecule has 0 unspecified atom stereocenters. The summed E-state index contributed by atoms with van der Waals surface area (Å²) in [6, 6.07) is 16.8. The van der Waals surface area contributed by atoms with E-state index in [1.807, 2.05) is 24.3 Å². The third kappa shape index (κ3) is 7.90. The fraction of sp³-hybridized carbons (Fsp3) is 0.343. The van der Waals surface area contributed by atoms with Crippen LogP contribution in [0.3, 0.4) is 0 Å². The van der Waals surface area contributed by atoms with E-state index in [9.17, 15) is 14.7 Å². The Hall–Kier alpha value is -4.10. The number of carboxylic acids is 1. The van der Waals surface area contributed by atoms with E-state index in [4.69, 9.17) is 35.9 Å². The van der Waals surface area contributed by atoms with Crippen molar-refractivity contribution in [2.45, 2.75) is 12.8 Å². The lowest BCUT2D eigenvalue weighted by atomic mass is 9.99. The lowest BCUT2D eigenvalue weighted by Gasteiger charge is -2.26. The van der Waals surface area contributed by atoms with Gasteiger partial charge in [-0.15, -0.1) is 0 Å². The zero-order valence-electron chi connectivity index (χ0n) is 26.1. The van der Waals surface area contributed by atoms with Gasteiger partial charge in [0.1, 0.15) is 22.4 Å². The number of carbonyl (C=O) groups excluding carboxylic acids is 1. The second-order valence-corrected chi connectivity index (χ2v) is 12.9. The van der Waals surface area contributed by atoms with Gasteiger partial charge in [-0.1, -0.05) is 36.1 Å².